The summed E-state index contributed by atoms with van der Waals surface area (Å²) in [5.41, 5.74) is 1.24. The number of aliphatic imine (C=N–C) groups is 1. The van der Waals surface area contributed by atoms with E-state index in [1.165, 1.54) is 6.07 Å². The molecule has 2 N–H and O–H groups in total. The number of aliphatic hydroxyl groups excluding tert-OH is 1. The predicted octanol–water partition coefficient (Wildman–Crippen LogP) is 5.00. The van der Waals surface area contributed by atoms with Gasteiger partial charge >= 0.3 is 11.9 Å². The van der Waals surface area contributed by atoms with Gasteiger partial charge in [0.15, 0.2) is 6.61 Å². The van der Waals surface area contributed by atoms with E-state index in [0.29, 0.717) is 21.2 Å². The van der Waals surface area contributed by atoms with Crippen LogP contribution < -0.4 is 4.74 Å². The van der Waals surface area contributed by atoms with E-state index in [-0.39, 0.29) is 28.7 Å². The maximum absolute atomic E-state index is 12.4. The number of halogens is 1. The average molecular weight is 460 g/mol. The molecule has 0 atom stereocenters. The van der Waals surface area contributed by atoms with Crippen molar-refractivity contribution in [1.29, 1.82) is 0 Å². The normalized spacial score (nSPS) is 16.1. The van der Waals surface area contributed by atoms with Gasteiger partial charge in [-0.2, -0.15) is 0 Å². The third kappa shape index (κ3) is 5.68. The van der Waals surface area contributed by atoms with E-state index in [2.05, 4.69) is 4.99 Å². The molecule has 2 aromatic rings. The van der Waals surface area contributed by atoms with Gasteiger partial charge in [-0.05, 0) is 42.8 Å². The minimum atomic E-state index is -1.11. The summed E-state index contributed by atoms with van der Waals surface area (Å²) in [7, 11) is 0. The summed E-state index contributed by atoms with van der Waals surface area (Å²) in [6, 6.07) is 13.8. The van der Waals surface area contributed by atoms with Crippen molar-refractivity contribution < 1.29 is 29.3 Å². The number of rotatable bonds is 7. The third-order valence-electron chi connectivity index (χ3n) is 3.96. The molecule has 1 heterocycles. The van der Waals surface area contributed by atoms with Crippen molar-refractivity contribution >= 4 is 52.1 Å². The zero-order chi connectivity index (χ0) is 22.4. The molecule has 1 aliphatic heterocycles. The molecule has 7 nitrogen and oxygen atoms in total. The van der Waals surface area contributed by atoms with Gasteiger partial charge in [-0.15, -0.1) is 0 Å². The second kappa shape index (κ2) is 10.2. The number of carboxylic acids is 1. The summed E-state index contributed by atoms with van der Waals surface area (Å²) in [5.74, 6) is -1.79. The molecule has 0 amide bonds. The number of carboxylic acid groups (broad SMARTS) is 1. The Labute approximate surface area is 187 Å². The number of hydrogen-bond acceptors (Lipinski definition) is 7. The monoisotopic (exact) mass is 459 g/mol. The van der Waals surface area contributed by atoms with Crippen molar-refractivity contribution in [3.63, 3.8) is 0 Å². The molecule has 0 fully saturated rings. The van der Waals surface area contributed by atoms with Crippen molar-refractivity contribution in [2.24, 2.45) is 4.99 Å². The number of aliphatic hydroxyl groups is 1. The molecule has 9 heteroatoms. The maximum atomic E-state index is 12.4. The van der Waals surface area contributed by atoms with Crippen LogP contribution in [0.4, 0.5) is 5.69 Å². The van der Waals surface area contributed by atoms with Gasteiger partial charge in [0, 0.05) is 0 Å². The molecule has 0 aliphatic carbocycles. The lowest BCUT2D eigenvalue weighted by Gasteiger charge is -2.06. The fourth-order valence-corrected chi connectivity index (χ4v) is 3.91. The third-order valence-corrected chi connectivity index (χ3v) is 5.28. The number of ether oxygens (including phenoxy) is 2. The first-order chi connectivity index (χ1) is 14.9. The Morgan fingerprint density at radius 1 is 1.19 bits per heavy atom. The number of carbonyl (C=O) groups is 2. The lowest BCUT2D eigenvalue weighted by molar-refractivity contribution is -0.139. The highest BCUT2D eigenvalue weighted by Gasteiger charge is 2.33. The van der Waals surface area contributed by atoms with Crippen LogP contribution in [0.25, 0.3) is 6.08 Å². The molecule has 1 aliphatic rings. The second-order valence-corrected chi connectivity index (χ2v) is 7.62. The molecule has 31 heavy (non-hydrogen) atoms. The zero-order valence-electron chi connectivity index (χ0n) is 16.4. The van der Waals surface area contributed by atoms with Crippen LogP contribution in [-0.2, 0) is 14.3 Å². The highest BCUT2D eigenvalue weighted by atomic mass is 35.5. The minimum absolute atomic E-state index is 0.00513. The molecule has 0 saturated heterocycles. The molecule has 0 spiro atoms. The topological polar surface area (TPSA) is 105 Å². The van der Waals surface area contributed by atoms with Crippen LogP contribution in [0.5, 0.6) is 5.75 Å². The SMILES string of the molecule is CCOC(=O)C1=C(O)/C(=C/c2ccc(OCC(=O)O)c(Cl)c2)SC1=Nc1ccccc1. The van der Waals surface area contributed by atoms with Gasteiger partial charge in [0.25, 0.3) is 0 Å². The van der Waals surface area contributed by atoms with Crippen molar-refractivity contribution in [2.75, 3.05) is 13.2 Å². The Bertz CT molecular complexity index is 1090. The number of carbonyl (C=O) groups excluding carboxylic acids is 1. The largest absolute Gasteiger partial charge is 0.506 e. The van der Waals surface area contributed by atoms with Crippen molar-refractivity contribution in [2.45, 2.75) is 6.92 Å². The maximum Gasteiger partial charge on any atom is 0.344 e. The molecule has 0 aromatic heterocycles. The van der Waals surface area contributed by atoms with Crippen LogP contribution >= 0.6 is 23.4 Å². The second-order valence-electron chi connectivity index (χ2n) is 6.18. The smallest absolute Gasteiger partial charge is 0.344 e. The van der Waals surface area contributed by atoms with Crippen molar-refractivity contribution in [3.05, 3.63) is 75.4 Å². The molecule has 3 rings (SSSR count). The molecule has 0 radical (unpaired) electrons. The van der Waals surface area contributed by atoms with Gasteiger partial charge < -0.3 is 19.7 Å². The molecule has 2 aromatic carbocycles. The van der Waals surface area contributed by atoms with E-state index in [9.17, 15) is 14.7 Å². The first-order valence-corrected chi connectivity index (χ1v) is 10.4. The summed E-state index contributed by atoms with van der Waals surface area (Å²) >= 11 is 7.29. The van der Waals surface area contributed by atoms with E-state index >= 15 is 0 Å². The van der Waals surface area contributed by atoms with Crippen molar-refractivity contribution in [1.82, 2.24) is 0 Å². The van der Waals surface area contributed by atoms with Gasteiger partial charge in [-0.1, -0.05) is 47.6 Å². The summed E-state index contributed by atoms with van der Waals surface area (Å²) in [4.78, 5) is 28.0. The molecule has 0 bridgehead atoms. The Morgan fingerprint density at radius 3 is 2.58 bits per heavy atom. The van der Waals surface area contributed by atoms with Crippen LogP contribution in [0.2, 0.25) is 5.02 Å². The number of benzene rings is 2. The number of thioether (sulfide) groups is 1. The highest BCUT2D eigenvalue weighted by Crippen LogP contribution is 2.40. The minimum Gasteiger partial charge on any atom is -0.506 e. The Balaban J connectivity index is 1.94. The molecular formula is C22H18ClNO6S. The van der Waals surface area contributed by atoms with Crippen LogP contribution in [0.15, 0.2) is 69.8 Å². The highest BCUT2D eigenvalue weighted by molar-refractivity contribution is 8.18. The number of esters is 1. The van der Waals surface area contributed by atoms with E-state index < -0.39 is 18.5 Å². The Hall–Kier alpha value is -3.23. The lowest BCUT2D eigenvalue weighted by atomic mass is 10.1. The summed E-state index contributed by atoms with van der Waals surface area (Å²) in [6.45, 7) is 1.32. The van der Waals surface area contributed by atoms with Gasteiger partial charge in [0.1, 0.15) is 22.1 Å². The van der Waals surface area contributed by atoms with Gasteiger partial charge in [0.2, 0.25) is 0 Å². The quantitative estimate of drug-likeness (QED) is 0.561. The van der Waals surface area contributed by atoms with Crippen molar-refractivity contribution in [3.8, 4) is 5.75 Å². The Kier molecular flexibility index (Phi) is 7.38. The van der Waals surface area contributed by atoms with Crippen LogP contribution in [-0.4, -0.2) is 40.4 Å². The first-order valence-electron chi connectivity index (χ1n) is 9.17. The van der Waals surface area contributed by atoms with Crippen LogP contribution in [0.3, 0.4) is 0 Å². The van der Waals surface area contributed by atoms with Gasteiger partial charge in [-0.25, -0.2) is 14.6 Å². The first kappa shape index (κ1) is 22.5. The standard InChI is InChI=1S/C22H18ClNO6S/c1-2-29-22(28)19-20(27)17(31-21(19)24-14-6-4-3-5-7-14)11-13-8-9-16(15(23)10-13)30-12-18(25)26/h3-11,27H,2,12H2,1H3,(H,25,26)/b17-11-,24-21?. The number of hydrogen-bond donors (Lipinski definition) is 2. The van der Waals surface area contributed by atoms with E-state index in [0.717, 1.165) is 11.8 Å². The molecule has 160 valence electrons. The number of para-hydroxylation sites is 1. The van der Waals surface area contributed by atoms with Gasteiger partial charge in [0.05, 0.1) is 22.2 Å². The van der Waals surface area contributed by atoms with E-state index in [4.69, 9.17) is 26.2 Å². The Morgan fingerprint density at radius 2 is 1.94 bits per heavy atom. The number of aliphatic carboxylic acids is 1. The average Bonchev–Trinajstić information content (AvgIpc) is 3.03. The number of nitrogens with zero attached hydrogens (tertiary/aromatic N) is 1. The molecular weight excluding hydrogens is 442 g/mol. The molecule has 0 unspecified atom stereocenters. The van der Waals surface area contributed by atoms with E-state index in [1.807, 2.05) is 18.2 Å². The predicted molar refractivity (Wildman–Crippen MR) is 120 cm³/mol. The molecule has 0 saturated carbocycles. The fraction of sp³-hybridized carbons (Fsp3) is 0.136. The summed E-state index contributed by atoms with van der Waals surface area (Å²) in [5, 5.41) is 20.0. The van der Waals surface area contributed by atoms with Crippen LogP contribution in [0.1, 0.15) is 12.5 Å². The summed E-state index contributed by atoms with van der Waals surface area (Å²) < 4.78 is 10.2. The fourth-order valence-electron chi connectivity index (χ4n) is 2.63. The lowest BCUT2D eigenvalue weighted by Crippen LogP contribution is -2.12. The van der Waals surface area contributed by atoms with Gasteiger partial charge in [-0.3, -0.25) is 0 Å². The summed E-state index contributed by atoms with van der Waals surface area (Å²) in [6.07, 6.45) is 1.64. The zero-order valence-corrected chi connectivity index (χ0v) is 17.9. The van der Waals surface area contributed by atoms with Crippen LogP contribution in [0, 0.1) is 0 Å². The van der Waals surface area contributed by atoms with E-state index in [1.54, 1.807) is 37.3 Å².